The van der Waals surface area contributed by atoms with Crippen LogP contribution in [-0.2, 0) is 13.6 Å². The van der Waals surface area contributed by atoms with Crippen molar-refractivity contribution in [2.45, 2.75) is 20.4 Å². The standard InChI is InChI=1S/C17H23N9/c1-13-10-14(2)26(22-13)16-5-4-15(20-21-16)25-8-6-24(7-9-25)11-17-18-12-19-23(17)3/h4-5,10,12H,6-9,11H2,1-3H3. The van der Waals surface area contributed by atoms with Gasteiger partial charge >= 0.3 is 0 Å². The second-order valence-corrected chi connectivity index (χ2v) is 6.65. The predicted molar refractivity (Wildman–Crippen MR) is 97.1 cm³/mol. The maximum absolute atomic E-state index is 4.46. The summed E-state index contributed by atoms with van der Waals surface area (Å²) < 4.78 is 3.65. The van der Waals surface area contributed by atoms with Crippen LogP contribution in [0.4, 0.5) is 5.82 Å². The van der Waals surface area contributed by atoms with Crippen molar-refractivity contribution in [1.82, 2.24) is 39.6 Å². The molecule has 4 heterocycles. The van der Waals surface area contributed by atoms with E-state index in [0.29, 0.717) is 0 Å². The molecule has 3 aromatic heterocycles. The number of nitrogens with zero attached hydrogens (tertiary/aromatic N) is 9. The molecule has 9 heteroatoms. The van der Waals surface area contributed by atoms with E-state index in [1.165, 1.54) is 0 Å². The van der Waals surface area contributed by atoms with Crippen LogP contribution in [0.3, 0.4) is 0 Å². The van der Waals surface area contributed by atoms with Gasteiger partial charge in [0, 0.05) is 38.9 Å². The highest BCUT2D eigenvalue weighted by molar-refractivity contribution is 5.40. The summed E-state index contributed by atoms with van der Waals surface area (Å²) in [4.78, 5) is 8.96. The number of piperazine rings is 1. The summed E-state index contributed by atoms with van der Waals surface area (Å²) in [7, 11) is 1.93. The summed E-state index contributed by atoms with van der Waals surface area (Å²) in [5.41, 5.74) is 2.04. The van der Waals surface area contributed by atoms with E-state index >= 15 is 0 Å². The lowest BCUT2D eigenvalue weighted by atomic mass is 10.3. The van der Waals surface area contributed by atoms with Crippen molar-refractivity contribution in [3.63, 3.8) is 0 Å². The fourth-order valence-electron chi connectivity index (χ4n) is 3.26. The lowest BCUT2D eigenvalue weighted by molar-refractivity contribution is 0.240. The van der Waals surface area contributed by atoms with E-state index in [1.54, 1.807) is 6.33 Å². The molecular weight excluding hydrogens is 330 g/mol. The van der Waals surface area contributed by atoms with Gasteiger partial charge in [-0.2, -0.15) is 10.2 Å². The third-order valence-electron chi connectivity index (χ3n) is 4.73. The smallest absolute Gasteiger partial charge is 0.176 e. The summed E-state index contributed by atoms with van der Waals surface area (Å²) in [6.07, 6.45) is 1.60. The second kappa shape index (κ2) is 6.83. The van der Waals surface area contributed by atoms with Crippen LogP contribution in [0, 0.1) is 13.8 Å². The average Bonchev–Trinajstić information content (AvgIpc) is 3.20. The summed E-state index contributed by atoms with van der Waals surface area (Å²) in [5, 5.41) is 17.4. The van der Waals surface area contributed by atoms with Gasteiger partial charge < -0.3 is 4.90 Å². The van der Waals surface area contributed by atoms with E-state index in [1.807, 2.05) is 48.5 Å². The minimum absolute atomic E-state index is 0.750. The molecule has 0 bridgehead atoms. The number of anilines is 1. The van der Waals surface area contributed by atoms with Crippen LogP contribution < -0.4 is 4.90 Å². The van der Waals surface area contributed by atoms with Gasteiger partial charge in [0.15, 0.2) is 11.6 Å². The van der Waals surface area contributed by atoms with E-state index in [4.69, 9.17) is 0 Å². The first-order valence-electron chi connectivity index (χ1n) is 8.78. The molecule has 1 saturated heterocycles. The molecule has 26 heavy (non-hydrogen) atoms. The molecule has 0 N–H and O–H groups in total. The van der Waals surface area contributed by atoms with Gasteiger partial charge in [0.25, 0.3) is 0 Å². The third kappa shape index (κ3) is 3.30. The summed E-state index contributed by atoms with van der Waals surface area (Å²) in [5.74, 6) is 2.65. The number of hydrogen-bond donors (Lipinski definition) is 0. The molecule has 3 aromatic rings. The molecule has 9 nitrogen and oxygen atoms in total. The van der Waals surface area contributed by atoms with Crippen LogP contribution in [-0.4, -0.2) is 65.8 Å². The van der Waals surface area contributed by atoms with Crippen LogP contribution in [0.2, 0.25) is 0 Å². The highest BCUT2D eigenvalue weighted by atomic mass is 15.4. The Hall–Kier alpha value is -2.81. The Labute approximate surface area is 152 Å². The maximum atomic E-state index is 4.46. The lowest BCUT2D eigenvalue weighted by Gasteiger charge is -2.34. The van der Waals surface area contributed by atoms with Gasteiger partial charge in [-0.05, 0) is 32.0 Å². The van der Waals surface area contributed by atoms with Gasteiger partial charge in [-0.15, -0.1) is 10.2 Å². The van der Waals surface area contributed by atoms with Gasteiger partial charge in [-0.1, -0.05) is 0 Å². The van der Waals surface area contributed by atoms with E-state index in [9.17, 15) is 0 Å². The van der Waals surface area contributed by atoms with E-state index in [-0.39, 0.29) is 0 Å². The van der Waals surface area contributed by atoms with Gasteiger partial charge in [0.2, 0.25) is 0 Å². The molecule has 0 unspecified atom stereocenters. The van der Waals surface area contributed by atoms with Gasteiger partial charge in [0.05, 0.1) is 12.2 Å². The Bertz CT molecular complexity index is 872. The fourth-order valence-corrected chi connectivity index (χ4v) is 3.26. The van der Waals surface area contributed by atoms with Crippen LogP contribution in [0.15, 0.2) is 24.5 Å². The van der Waals surface area contributed by atoms with Gasteiger partial charge in [-0.25, -0.2) is 9.67 Å². The highest BCUT2D eigenvalue weighted by Crippen LogP contribution is 2.16. The van der Waals surface area contributed by atoms with Crippen molar-refractivity contribution >= 4 is 5.82 Å². The maximum Gasteiger partial charge on any atom is 0.176 e. The molecule has 0 aliphatic carbocycles. The molecule has 1 aliphatic heterocycles. The Morgan fingerprint density at radius 2 is 1.73 bits per heavy atom. The molecule has 0 amide bonds. The fraction of sp³-hybridized carbons (Fsp3) is 0.471. The molecule has 136 valence electrons. The van der Waals surface area contributed by atoms with Gasteiger partial charge in [0.1, 0.15) is 12.2 Å². The second-order valence-electron chi connectivity index (χ2n) is 6.65. The zero-order valence-corrected chi connectivity index (χ0v) is 15.4. The Balaban J connectivity index is 1.38. The van der Waals surface area contributed by atoms with Crippen molar-refractivity contribution < 1.29 is 0 Å². The average molecular weight is 353 g/mol. The SMILES string of the molecule is Cc1cc(C)n(-c2ccc(N3CCN(Cc4ncnn4C)CC3)nn2)n1. The Morgan fingerprint density at radius 1 is 1.00 bits per heavy atom. The molecular formula is C17H23N9. The van der Waals surface area contributed by atoms with Crippen molar-refractivity contribution in [3.05, 3.63) is 41.7 Å². The minimum atomic E-state index is 0.750. The normalized spacial score (nSPS) is 15.6. The minimum Gasteiger partial charge on any atom is -0.353 e. The Kier molecular flexibility index (Phi) is 4.37. The zero-order valence-electron chi connectivity index (χ0n) is 15.4. The molecule has 0 saturated carbocycles. The number of hydrogen-bond acceptors (Lipinski definition) is 7. The first-order chi connectivity index (χ1) is 12.6. The number of aromatic nitrogens is 7. The Morgan fingerprint density at radius 3 is 2.31 bits per heavy atom. The zero-order chi connectivity index (χ0) is 18.1. The summed E-state index contributed by atoms with van der Waals surface area (Å²) >= 11 is 0. The molecule has 0 aromatic carbocycles. The van der Waals surface area contributed by atoms with E-state index in [2.05, 4.69) is 35.2 Å². The number of aryl methyl sites for hydroxylation is 3. The predicted octanol–water partition coefficient (Wildman–Crippen LogP) is 0.730. The van der Waals surface area contributed by atoms with Crippen LogP contribution in [0.5, 0.6) is 0 Å². The molecule has 0 radical (unpaired) electrons. The molecule has 4 rings (SSSR count). The molecule has 0 atom stereocenters. The molecule has 1 aliphatic rings. The topological polar surface area (TPSA) is 80.8 Å². The van der Waals surface area contributed by atoms with Crippen molar-refractivity contribution in [2.24, 2.45) is 7.05 Å². The van der Waals surface area contributed by atoms with Crippen LogP contribution >= 0.6 is 0 Å². The van der Waals surface area contributed by atoms with Crippen LogP contribution in [0.1, 0.15) is 17.2 Å². The van der Waals surface area contributed by atoms with Crippen molar-refractivity contribution in [3.8, 4) is 5.82 Å². The summed E-state index contributed by atoms with van der Waals surface area (Å²) in [6, 6.07) is 6.04. The van der Waals surface area contributed by atoms with Crippen LogP contribution in [0.25, 0.3) is 5.82 Å². The van der Waals surface area contributed by atoms with E-state index < -0.39 is 0 Å². The van der Waals surface area contributed by atoms with E-state index in [0.717, 1.165) is 61.6 Å². The van der Waals surface area contributed by atoms with Gasteiger partial charge in [-0.3, -0.25) is 9.58 Å². The number of rotatable bonds is 4. The highest BCUT2D eigenvalue weighted by Gasteiger charge is 2.20. The first-order valence-corrected chi connectivity index (χ1v) is 8.78. The lowest BCUT2D eigenvalue weighted by Crippen LogP contribution is -2.46. The quantitative estimate of drug-likeness (QED) is 0.684. The first kappa shape index (κ1) is 16.6. The monoisotopic (exact) mass is 353 g/mol. The largest absolute Gasteiger partial charge is 0.353 e. The van der Waals surface area contributed by atoms with Crippen molar-refractivity contribution in [1.29, 1.82) is 0 Å². The third-order valence-corrected chi connectivity index (χ3v) is 4.73. The van der Waals surface area contributed by atoms with Crippen molar-refractivity contribution in [2.75, 3.05) is 31.1 Å². The molecule has 0 spiro atoms. The summed E-state index contributed by atoms with van der Waals surface area (Å²) in [6.45, 7) is 8.60. The molecule has 1 fully saturated rings.